The summed E-state index contributed by atoms with van der Waals surface area (Å²) in [6, 6.07) is 6.04. The highest BCUT2D eigenvalue weighted by molar-refractivity contribution is 7.84. The Kier molecular flexibility index (Phi) is 2.57. The third-order valence-electron chi connectivity index (χ3n) is 2.47. The first-order valence-electron chi connectivity index (χ1n) is 4.79. The molecule has 0 bridgehead atoms. The maximum Gasteiger partial charge on any atom is 0.0505 e. The van der Waals surface area contributed by atoms with Gasteiger partial charge in [0.25, 0.3) is 0 Å². The number of nitrogens with zero attached hydrogens (tertiary/aromatic N) is 1. The van der Waals surface area contributed by atoms with Crippen LogP contribution in [0.1, 0.15) is 11.3 Å². The van der Waals surface area contributed by atoms with Crippen LogP contribution in [-0.2, 0) is 10.8 Å². The molecule has 1 aromatic heterocycles. The summed E-state index contributed by atoms with van der Waals surface area (Å²) in [5, 5.41) is 2.15. The summed E-state index contributed by atoms with van der Waals surface area (Å²) >= 11 is 0. The quantitative estimate of drug-likeness (QED) is 0.738. The van der Waals surface area contributed by atoms with Crippen LogP contribution in [0.3, 0.4) is 0 Å². The molecule has 2 rings (SSSR count). The third kappa shape index (κ3) is 1.79. The van der Waals surface area contributed by atoms with Gasteiger partial charge in [0.2, 0.25) is 0 Å². The van der Waals surface area contributed by atoms with Crippen molar-refractivity contribution in [1.82, 2.24) is 4.98 Å². The molecule has 1 heterocycles. The van der Waals surface area contributed by atoms with Crippen molar-refractivity contribution in [2.24, 2.45) is 0 Å². The number of hydrogen-bond donors (Lipinski definition) is 0. The summed E-state index contributed by atoms with van der Waals surface area (Å²) in [7, 11) is -0.964. The first-order valence-corrected chi connectivity index (χ1v) is 6.35. The Morgan fingerprint density at radius 3 is 2.67 bits per heavy atom. The summed E-state index contributed by atoms with van der Waals surface area (Å²) in [6.45, 7) is 3.97. The molecule has 78 valence electrons. The fourth-order valence-corrected chi connectivity index (χ4v) is 2.72. The lowest BCUT2D eigenvalue weighted by molar-refractivity contribution is 0.687. The van der Waals surface area contributed by atoms with Crippen molar-refractivity contribution in [3.05, 3.63) is 35.7 Å². The van der Waals surface area contributed by atoms with Crippen LogP contribution in [0.15, 0.2) is 29.3 Å². The second-order valence-electron chi connectivity index (χ2n) is 3.71. The number of hydrogen-bond acceptors (Lipinski definition) is 2. The molecule has 0 spiro atoms. The summed E-state index contributed by atoms with van der Waals surface area (Å²) in [4.78, 5) is 5.13. The maximum atomic E-state index is 11.6. The fraction of sp³-hybridized carbons (Fsp3) is 0.250. The first-order chi connectivity index (χ1) is 7.09. The molecular weight excluding hydrogens is 206 g/mol. The van der Waals surface area contributed by atoms with Crippen molar-refractivity contribution in [2.75, 3.05) is 6.26 Å². The SMILES string of the molecule is Cc1cc(S(C)=O)c2c(C)nccc2c1. The Hall–Kier alpha value is -1.22. The van der Waals surface area contributed by atoms with E-state index in [4.69, 9.17) is 0 Å². The lowest BCUT2D eigenvalue weighted by Gasteiger charge is -2.07. The van der Waals surface area contributed by atoms with E-state index in [1.807, 2.05) is 26.0 Å². The summed E-state index contributed by atoms with van der Waals surface area (Å²) in [5.74, 6) is 0. The Morgan fingerprint density at radius 1 is 1.27 bits per heavy atom. The maximum absolute atomic E-state index is 11.6. The van der Waals surface area contributed by atoms with Gasteiger partial charge < -0.3 is 0 Å². The van der Waals surface area contributed by atoms with E-state index in [2.05, 4.69) is 11.1 Å². The van der Waals surface area contributed by atoms with E-state index in [0.29, 0.717) is 0 Å². The average Bonchev–Trinajstić information content (AvgIpc) is 2.16. The predicted octanol–water partition coefficient (Wildman–Crippen LogP) is 2.59. The molecule has 1 atom stereocenters. The smallest absolute Gasteiger partial charge is 0.0505 e. The number of rotatable bonds is 1. The molecule has 15 heavy (non-hydrogen) atoms. The standard InChI is InChI=1S/C12H13NOS/c1-8-6-10-4-5-13-9(2)12(10)11(7-8)15(3)14/h4-7H,1-3H3. The van der Waals surface area contributed by atoms with Crippen LogP contribution in [0.4, 0.5) is 0 Å². The molecule has 2 aromatic rings. The van der Waals surface area contributed by atoms with Crippen LogP contribution < -0.4 is 0 Å². The normalized spacial score (nSPS) is 13.0. The van der Waals surface area contributed by atoms with Crippen molar-refractivity contribution < 1.29 is 4.21 Å². The molecule has 0 fully saturated rings. The lowest BCUT2D eigenvalue weighted by Crippen LogP contribution is -1.94. The van der Waals surface area contributed by atoms with Gasteiger partial charge in [-0.15, -0.1) is 0 Å². The molecule has 2 nitrogen and oxygen atoms in total. The minimum atomic E-state index is -0.964. The van der Waals surface area contributed by atoms with E-state index in [1.165, 1.54) is 0 Å². The molecule has 0 aliphatic carbocycles. The number of fused-ring (bicyclic) bond motifs is 1. The zero-order valence-corrected chi connectivity index (χ0v) is 9.89. The fourth-order valence-electron chi connectivity index (χ4n) is 1.82. The first kappa shape index (κ1) is 10.3. The van der Waals surface area contributed by atoms with Gasteiger partial charge in [0.15, 0.2) is 0 Å². The van der Waals surface area contributed by atoms with Gasteiger partial charge in [-0.3, -0.25) is 9.19 Å². The van der Waals surface area contributed by atoms with Crippen molar-refractivity contribution in [1.29, 1.82) is 0 Å². The lowest BCUT2D eigenvalue weighted by atomic mass is 10.1. The minimum Gasteiger partial charge on any atom is -0.261 e. The molecule has 0 amide bonds. The molecule has 1 aromatic carbocycles. The molecular formula is C12H13NOS. The van der Waals surface area contributed by atoms with Gasteiger partial charge in [-0.25, -0.2) is 0 Å². The van der Waals surface area contributed by atoms with E-state index in [0.717, 1.165) is 26.9 Å². The van der Waals surface area contributed by atoms with Crippen LogP contribution >= 0.6 is 0 Å². The Bertz CT molecular complexity index is 549. The summed E-state index contributed by atoms with van der Waals surface area (Å²) in [6.07, 6.45) is 3.50. The van der Waals surface area contributed by atoms with Gasteiger partial charge in [0.1, 0.15) is 0 Å². The van der Waals surface area contributed by atoms with Crippen LogP contribution in [0.5, 0.6) is 0 Å². The highest BCUT2D eigenvalue weighted by Gasteiger charge is 2.08. The topological polar surface area (TPSA) is 30.0 Å². The second-order valence-corrected chi connectivity index (χ2v) is 5.06. The molecule has 0 N–H and O–H groups in total. The minimum absolute atomic E-state index is 0.885. The Balaban J connectivity index is 2.94. The number of aromatic nitrogens is 1. The van der Waals surface area contributed by atoms with Gasteiger partial charge in [-0.2, -0.15) is 0 Å². The summed E-state index contributed by atoms with van der Waals surface area (Å²) in [5.41, 5.74) is 2.08. The number of benzene rings is 1. The second kappa shape index (κ2) is 3.74. The van der Waals surface area contributed by atoms with E-state index < -0.39 is 10.8 Å². The Morgan fingerprint density at radius 2 is 2.00 bits per heavy atom. The zero-order chi connectivity index (χ0) is 11.0. The largest absolute Gasteiger partial charge is 0.261 e. The number of pyridine rings is 1. The van der Waals surface area contributed by atoms with Gasteiger partial charge in [-0.1, -0.05) is 6.07 Å². The highest BCUT2D eigenvalue weighted by Crippen LogP contribution is 2.25. The van der Waals surface area contributed by atoms with Crippen molar-refractivity contribution in [2.45, 2.75) is 18.7 Å². The van der Waals surface area contributed by atoms with Gasteiger partial charge in [0, 0.05) is 28.4 Å². The molecule has 0 saturated heterocycles. The predicted molar refractivity (Wildman–Crippen MR) is 63.5 cm³/mol. The monoisotopic (exact) mass is 219 g/mol. The van der Waals surface area contributed by atoms with Gasteiger partial charge in [-0.05, 0) is 36.9 Å². The van der Waals surface area contributed by atoms with Crippen LogP contribution in [0.2, 0.25) is 0 Å². The van der Waals surface area contributed by atoms with Gasteiger partial charge >= 0.3 is 0 Å². The third-order valence-corrected chi connectivity index (χ3v) is 3.41. The van der Waals surface area contributed by atoms with E-state index in [1.54, 1.807) is 12.5 Å². The summed E-state index contributed by atoms with van der Waals surface area (Å²) < 4.78 is 11.6. The van der Waals surface area contributed by atoms with Crippen LogP contribution in [0.25, 0.3) is 10.8 Å². The van der Waals surface area contributed by atoms with Crippen molar-refractivity contribution in [3.8, 4) is 0 Å². The van der Waals surface area contributed by atoms with Crippen LogP contribution in [-0.4, -0.2) is 15.4 Å². The Labute approximate surface area is 91.8 Å². The highest BCUT2D eigenvalue weighted by atomic mass is 32.2. The molecule has 0 aliphatic rings. The van der Waals surface area contributed by atoms with E-state index in [-0.39, 0.29) is 0 Å². The van der Waals surface area contributed by atoms with E-state index >= 15 is 0 Å². The molecule has 0 aliphatic heterocycles. The van der Waals surface area contributed by atoms with E-state index in [9.17, 15) is 4.21 Å². The molecule has 1 unspecified atom stereocenters. The van der Waals surface area contributed by atoms with Crippen LogP contribution in [0, 0.1) is 13.8 Å². The molecule has 0 saturated carbocycles. The number of aryl methyl sites for hydroxylation is 2. The van der Waals surface area contributed by atoms with Gasteiger partial charge in [0.05, 0.1) is 10.8 Å². The molecule has 0 radical (unpaired) electrons. The molecule has 3 heteroatoms. The van der Waals surface area contributed by atoms with Crippen molar-refractivity contribution in [3.63, 3.8) is 0 Å². The zero-order valence-electron chi connectivity index (χ0n) is 9.07. The average molecular weight is 219 g/mol. The van der Waals surface area contributed by atoms with Crippen molar-refractivity contribution >= 4 is 21.6 Å².